The number of amides is 1. The summed E-state index contributed by atoms with van der Waals surface area (Å²) in [7, 11) is 0. The summed E-state index contributed by atoms with van der Waals surface area (Å²) >= 11 is 11.0. The summed E-state index contributed by atoms with van der Waals surface area (Å²) in [5.41, 5.74) is 6.33. The molecule has 1 amide bonds. The van der Waals surface area contributed by atoms with E-state index in [2.05, 4.69) is 21.2 Å². The van der Waals surface area contributed by atoms with Crippen molar-refractivity contribution in [2.75, 3.05) is 17.3 Å². The highest BCUT2D eigenvalue weighted by molar-refractivity contribution is 9.10. The van der Waals surface area contributed by atoms with Crippen LogP contribution in [0.1, 0.15) is 6.42 Å². The van der Waals surface area contributed by atoms with Gasteiger partial charge in [0.05, 0.1) is 16.8 Å². The molecule has 17 heavy (non-hydrogen) atoms. The number of carbonyl (C=O) groups excluding carboxylic acids is 1. The van der Waals surface area contributed by atoms with Crippen LogP contribution in [0.15, 0.2) is 22.7 Å². The van der Waals surface area contributed by atoms with Crippen LogP contribution in [0.25, 0.3) is 0 Å². The van der Waals surface area contributed by atoms with Crippen molar-refractivity contribution in [3.05, 3.63) is 27.7 Å². The molecule has 0 radical (unpaired) electrons. The van der Waals surface area contributed by atoms with Gasteiger partial charge in [-0.25, -0.2) is 0 Å². The van der Waals surface area contributed by atoms with E-state index in [1.807, 2.05) is 12.3 Å². The molecule has 1 rings (SSSR count). The van der Waals surface area contributed by atoms with Crippen molar-refractivity contribution in [1.29, 1.82) is 0 Å². The number of hydrogen-bond donors (Lipinski definition) is 2. The molecule has 0 unspecified atom stereocenters. The van der Waals surface area contributed by atoms with Gasteiger partial charge in [0.15, 0.2) is 0 Å². The second kappa shape index (κ2) is 7.26. The summed E-state index contributed by atoms with van der Waals surface area (Å²) in [6.45, 7) is 0. The first-order valence-corrected chi connectivity index (χ1v) is 7.61. The highest BCUT2D eigenvalue weighted by atomic mass is 79.9. The third kappa shape index (κ3) is 4.87. The Labute approximate surface area is 119 Å². The molecule has 0 heterocycles. The van der Waals surface area contributed by atoms with Crippen molar-refractivity contribution in [3.8, 4) is 0 Å². The molecular weight excluding hydrogens is 324 g/mol. The fourth-order valence-corrected chi connectivity index (χ4v) is 2.21. The summed E-state index contributed by atoms with van der Waals surface area (Å²) in [5.74, 6) is 0.653. The van der Waals surface area contributed by atoms with Gasteiger partial charge in [0, 0.05) is 4.47 Å². The smallest absolute Gasteiger partial charge is 0.241 e. The van der Waals surface area contributed by atoms with Gasteiger partial charge in [-0.2, -0.15) is 11.8 Å². The molecule has 0 saturated carbocycles. The molecule has 1 atom stereocenters. The quantitative estimate of drug-likeness (QED) is 0.868. The lowest BCUT2D eigenvalue weighted by Gasteiger charge is -2.12. The zero-order chi connectivity index (χ0) is 12.8. The summed E-state index contributed by atoms with van der Waals surface area (Å²) in [6.07, 6.45) is 2.63. The first kappa shape index (κ1) is 14.8. The Morgan fingerprint density at radius 2 is 2.35 bits per heavy atom. The van der Waals surface area contributed by atoms with Crippen molar-refractivity contribution in [2.24, 2.45) is 5.73 Å². The van der Waals surface area contributed by atoms with Gasteiger partial charge in [-0.15, -0.1) is 0 Å². The van der Waals surface area contributed by atoms with Gasteiger partial charge < -0.3 is 11.1 Å². The minimum absolute atomic E-state index is 0.209. The van der Waals surface area contributed by atoms with E-state index in [4.69, 9.17) is 17.3 Å². The summed E-state index contributed by atoms with van der Waals surface area (Å²) in [6, 6.07) is 4.78. The van der Waals surface area contributed by atoms with Crippen LogP contribution in [-0.2, 0) is 4.79 Å². The van der Waals surface area contributed by atoms with Crippen LogP contribution >= 0.6 is 39.3 Å². The number of nitrogens with two attached hydrogens (primary N) is 1. The number of carbonyl (C=O) groups is 1. The van der Waals surface area contributed by atoms with Crippen molar-refractivity contribution in [3.63, 3.8) is 0 Å². The van der Waals surface area contributed by atoms with Gasteiger partial charge >= 0.3 is 0 Å². The van der Waals surface area contributed by atoms with Gasteiger partial charge in [0.1, 0.15) is 0 Å². The van der Waals surface area contributed by atoms with Crippen LogP contribution in [0, 0.1) is 0 Å². The first-order chi connectivity index (χ1) is 8.04. The summed E-state index contributed by atoms with van der Waals surface area (Å²) < 4.78 is 0.856. The molecule has 0 aliphatic carbocycles. The zero-order valence-corrected chi connectivity index (χ0v) is 12.5. The number of nitrogens with one attached hydrogen (secondary N) is 1. The van der Waals surface area contributed by atoms with Gasteiger partial charge in [-0.05, 0) is 36.6 Å². The Morgan fingerprint density at radius 1 is 1.65 bits per heavy atom. The fraction of sp³-hybridized carbons (Fsp3) is 0.364. The van der Waals surface area contributed by atoms with E-state index < -0.39 is 6.04 Å². The Hall–Kier alpha value is -0.230. The average Bonchev–Trinajstić information content (AvgIpc) is 2.30. The van der Waals surface area contributed by atoms with Crippen LogP contribution in [0.2, 0.25) is 5.02 Å². The van der Waals surface area contributed by atoms with Gasteiger partial charge in [-0.3, -0.25) is 4.79 Å². The van der Waals surface area contributed by atoms with E-state index in [1.165, 1.54) is 0 Å². The van der Waals surface area contributed by atoms with Crippen LogP contribution in [0.4, 0.5) is 5.69 Å². The highest BCUT2D eigenvalue weighted by Crippen LogP contribution is 2.25. The number of hydrogen-bond acceptors (Lipinski definition) is 3. The number of benzene rings is 1. The van der Waals surface area contributed by atoms with Crippen molar-refractivity contribution in [2.45, 2.75) is 12.5 Å². The van der Waals surface area contributed by atoms with E-state index >= 15 is 0 Å². The molecule has 0 aromatic heterocycles. The lowest BCUT2D eigenvalue weighted by molar-refractivity contribution is -0.117. The van der Waals surface area contributed by atoms with Crippen LogP contribution in [0.3, 0.4) is 0 Å². The number of thioether (sulfide) groups is 1. The SMILES string of the molecule is CSCC[C@H](N)C(=O)Nc1cc(Br)ccc1Cl. The predicted octanol–water partition coefficient (Wildman–Crippen LogP) is 3.12. The summed E-state index contributed by atoms with van der Waals surface area (Å²) in [4.78, 5) is 11.8. The molecular formula is C11H14BrClN2OS. The second-order valence-corrected chi connectivity index (χ2v) is 5.81. The van der Waals surface area contributed by atoms with Crippen molar-refractivity contribution < 1.29 is 4.79 Å². The van der Waals surface area contributed by atoms with Crippen LogP contribution in [0.5, 0.6) is 0 Å². The minimum atomic E-state index is -0.502. The van der Waals surface area contributed by atoms with Gasteiger partial charge in [0.25, 0.3) is 0 Å². The molecule has 0 spiro atoms. The normalized spacial score (nSPS) is 12.2. The first-order valence-electron chi connectivity index (χ1n) is 5.05. The third-order valence-electron chi connectivity index (χ3n) is 2.16. The maximum absolute atomic E-state index is 11.8. The Bertz CT molecular complexity index is 403. The van der Waals surface area contributed by atoms with Crippen molar-refractivity contribution in [1.82, 2.24) is 0 Å². The lowest BCUT2D eigenvalue weighted by atomic mass is 10.2. The molecule has 0 saturated heterocycles. The highest BCUT2D eigenvalue weighted by Gasteiger charge is 2.14. The maximum atomic E-state index is 11.8. The molecule has 94 valence electrons. The molecule has 0 aliphatic rings. The lowest BCUT2D eigenvalue weighted by Crippen LogP contribution is -2.36. The Morgan fingerprint density at radius 3 is 3.00 bits per heavy atom. The van der Waals surface area contributed by atoms with Crippen LogP contribution < -0.4 is 11.1 Å². The fourth-order valence-electron chi connectivity index (χ4n) is 1.19. The Kier molecular flexibility index (Phi) is 6.33. The molecule has 0 bridgehead atoms. The van der Waals surface area contributed by atoms with Crippen LogP contribution in [-0.4, -0.2) is 24.0 Å². The van der Waals surface area contributed by atoms with Gasteiger partial charge in [-0.1, -0.05) is 27.5 Å². The van der Waals surface area contributed by atoms with Gasteiger partial charge in [0.2, 0.25) is 5.91 Å². The maximum Gasteiger partial charge on any atom is 0.241 e. The largest absolute Gasteiger partial charge is 0.323 e. The van der Waals surface area contributed by atoms with E-state index in [9.17, 15) is 4.79 Å². The standard InChI is InChI=1S/C11H14BrClN2OS/c1-17-5-4-9(14)11(16)15-10-6-7(12)2-3-8(10)13/h2-3,6,9H,4-5,14H2,1H3,(H,15,16)/t9-/m0/s1. The van der Waals surface area contributed by atoms with Crippen molar-refractivity contribution >= 4 is 50.9 Å². The number of halogens is 2. The molecule has 6 heteroatoms. The molecule has 3 N–H and O–H groups in total. The predicted molar refractivity (Wildman–Crippen MR) is 78.8 cm³/mol. The monoisotopic (exact) mass is 336 g/mol. The molecule has 1 aromatic carbocycles. The second-order valence-electron chi connectivity index (χ2n) is 3.50. The average molecular weight is 338 g/mol. The molecule has 0 aliphatic heterocycles. The van der Waals surface area contributed by atoms with E-state index in [0.29, 0.717) is 17.1 Å². The zero-order valence-electron chi connectivity index (χ0n) is 9.37. The minimum Gasteiger partial charge on any atom is -0.323 e. The molecule has 1 aromatic rings. The van der Waals surface area contributed by atoms with E-state index in [-0.39, 0.29) is 5.91 Å². The summed E-state index contributed by atoms with van der Waals surface area (Å²) in [5, 5.41) is 3.22. The topological polar surface area (TPSA) is 55.1 Å². The van der Waals surface area contributed by atoms with E-state index in [1.54, 1.807) is 23.9 Å². The Balaban J connectivity index is 2.64. The van der Waals surface area contributed by atoms with E-state index in [0.717, 1.165) is 10.2 Å². The number of rotatable bonds is 5. The molecule has 3 nitrogen and oxygen atoms in total. The number of anilines is 1. The molecule has 0 fully saturated rings. The third-order valence-corrected chi connectivity index (χ3v) is 3.62.